The molecule has 0 aromatic heterocycles. The van der Waals surface area contributed by atoms with Crippen LogP contribution in [0.5, 0.6) is 0 Å². The fourth-order valence-corrected chi connectivity index (χ4v) is 3.23. The molecule has 1 heterocycles. The number of carbonyl (C=O) groups excluding carboxylic acids is 1. The Morgan fingerprint density at radius 2 is 2.05 bits per heavy atom. The number of nitrogens with zero attached hydrogens (tertiary/aromatic N) is 1. The van der Waals surface area contributed by atoms with Crippen molar-refractivity contribution in [1.29, 1.82) is 0 Å². The third-order valence-electron chi connectivity index (χ3n) is 4.12. The van der Waals surface area contributed by atoms with Gasteiger partial charge in [-0.3, -0.25) is 10.2 Å². The smallest absolute Gasteiger partial charge is 0.244 e. The summed E-state index contributed by atoms with van der Waals surface area (Å²) in [6.45, 7) is 3.85. The highest BCUT2D eigenvalue weighted by molar-refractivity contribution is 9.10. The minimum absolute atomic E-state index is 0.0817. The largest absolute Gasteiger partial charge is 0.306 e. The van der Waals surface area contributed by atoms with Gasteiger partial charge in [-0.2, -0.15) is 0 Å². The van der Waals surface area contributed by atoms with Gasteiger partial charge in [0.2, 0.25) is 5.91 Å². The Hall–Kier alpha value is -0.910. The number of likely N-dealkylation sites (tertiary alicyclic amines) is 1. The summed E-state index contributed by atoms with van der Waals surface area (Å²) in [6.07, 6.45) is 1.59. The summed E-state index contributed by atoms with van der Waals surface area (Å²) in [5.41, 5.74) is 4.07. The first-order chi connectivity index (χ1) is 8.99. The molecule has 2 rings (SSSR count). The summed E-state index contributed by atoms with van der Waals surface area (Å²) in [5, 5.41) is 0. The number of amides is 1. The lowest BCUT2D eigenvalue weighted by atomic mass is 9.70. The molecule has 1 aromatic carbocycles. The average Bonchev–Trinajstić information content (AvgIpc) is 2.42. The van der Waals surface area contributed by atoms with Crippen LogP contribution in [0.4, 0.5) is 0 Å². The predicted octanol–water partition coefficient (Wildman–Crippen LogP) is 1.71. The third kappa shape index (κ3) is 2.68. The van der Waals surface area contributed by atoms with Crippen molar-refractivity contribution in [3.63, 3.8) is 0 Å². The lowest BCUT2D eigenvalue weighted by Gasteiger charge is -2.40. The van der Waals surface area contributed by atoms with E-state index in [-0.39, 0.29) is 5.91 Å². The summed E-state index contributed by atoms with van der Waals surface area (Å²) in [6, 6.07) is 6.10. The number of hydrazine groups is 1. The van der Waals surface area contributed by atoms with Crippen LogP contribution in [0.3, 0.4) is 0 Å². The Labute approximate surface area is 122 Å². The number of benzene rings is 1. The lowest BCUT2D eigenvalue weighted by molar-refractivity contribution is -0.128. The van der Waals surface area contributed by atoms with E-state index in [9.17, 15) is 4.79 Å². The van der Waals surface area contributed by atoms with Crippen molar-refractivity contribution in [1.82, 2.24) is 10.3 Å². The molecule has 1 aliphatic heterocycles. The molecule has 0 radical (unpaired) electrons. The van der Waals surface area contributed by atoms with Crippen molar-refractivity contribution in [3.05, 3.63) is 33.8 Å². The molecule has 19 heavy (non-hydrogen) atoms. The highest BCUT2D eigenvalue weighted by atomic mass is 79.9. The number of hydrogen-bond acceptors (Lipinski definition) is 3. The molecule has 0 unspecified atom stereocenters. The van der Waals surface area contributed by atoms with Crippen LogP contribution in [-0.2, 0) is 10.2 Å². The number of hydrogen-bond donors (Lipinski definition) is 2. The summed E-state index contributed by atoms with van der Waals surface area (Å²) < 4.78 is 0.997. The predicted molar refractivity (Wildman–Crippen MR) is 79.6 cm³/mol. The van der Waals surface area contributed by atoms with E-state index in [0.717, 1.165) is 41.5 Å². The number of halogens is 1. The molecule has 1 saturated heterocycles. The molecule has 0 bridgehead atoms. The van der Waals surface area contributed by atoms with E-state index in [0.29, 0.717) is 0 Å². The monoisotopic (exact) mass is 325 g/mol. The van der Waals surface area contributed by atoms with Crippen LogP contribution in [0.15, 0.2) is 22.7 Å². The summed E-state index contributed by atoms with van der Waals surface area (Å²) >= 11 is 3.50. The van der Waals surface area contributed by atoms with Crippen LogP contribution in [0.25, 0.3) is 0 Å². The molecule has 0 aliphatic carbocycles. The lowest BCUT2D eigenvalue weighted by Crippen LogP contribution is -2.53. The zero-order chi connectivity index (χ0) is 14.0. The van der Waals surface area contributed by atoms with E-state index in [1.807, 2.05) is 19.1 Å². The Morgan fingerprint density at radius 3 is 2.63 bits per heavy atom. The van der Waals surface area contributed by atoms with Gasteiger partial charge in [0.15, 0.2) is 0 Å². The van der Waals surface area contributed by atoms with Gasteiger partial charge in [-0.05, 0) is 63.2 Å². The molecule has 1 aromatic rings. The van der Waals surface area contributed by atoms with E-state index in [4.69, 9.17) is 5.84 Å². The standard InChI is InChI=1S/C14H20BrN3O/c1-10-3-4-11(15)9-12(10)14(13(19)17-16)5-7-18(2)8-6-14/h3-4,9H,5-8,16H2,1-2H3,(H,17,19). The number of nitrogens with two attached hydrogens (primary N) is 1. The van der Waals surface area contributed by atoms with Gasteiger partial charge in [-0.15, -0.1) is 0 Å². The Balaban J connectivity index is 2.49. The number of rotatable bonds is 2. The van der Waals surface area contributed by atoms with Gasteiger partial charge < -0.3 is 4.90 Å². The van der Waals surface area contributed by atoms with Crippen LogP contribution in [-0.4, -0.2) is 30.9 Å². The van der Waals surface area contributed by atoms with E-state index in [2.05, 4.69) is 39.4 Å². The van der Waals surface area contributed by atoms with Gasteiger partial charge >= 0.3 is 0 Å². The highest BCUT2D eigenvalue weighted by Gasteiger charge is 2.42. The fraction of sp³-hybridized carbons (Fsp3) is 0.500. The van der Waals surface area contributed by atoms with Gasteiger partial charge in [0.1, 0.15) is 0 Å². The molecular weight excluding hydrogens is 306 g/mol. The second kappa shape index (κ2) is 5.61. The maximum absolute atomic E-state index is 12.4. The molecule has 104 valence electrons. The molecule has 0 spiro atoms. The van der Waals surface area contributed by atoms with Gasteiger partial charge in [0.05, 0.1) is 5.41 Å². The quantitative estimate of drug-likeness (QED) is 0.494. The summed E-state index contributed by atoms with van der Waals surface area (Å²) in [4.78, 5) is 14.6. The Kier molecular flexibility index (Phi) is 4.28. The number of carbonyl (C=O) groups is 1. The van der Waals surface area contributed by atoms with E-state index < -0.39 is 5.41 Å². The minimum Gasteiger partial charge on any atom is -0.306 e. The van der Waals surface area contributed by atoms with Crippen molar-refractivity contribution in [2.75, 3.05) is 20.1 Å². The molecule has 0 atom stereocenters. The van der Waals surface area contributed by atoms with Gasteiger partial charge in [-0.25, -0.2) is 5.84 Å². The first-order valence-electron chi connectivity index (χ1n) is 6.46. The summed E-state index contributed by atoms with van der Waals surface area (Å²) in [5.74, 6) is 5.34. The van der Waals surface area contributed by atoms with Crippen molar-refractivity contribution in [3.8, 4) is 0 Å². The Bertz CT molecular complexity index is 482. The first-order valence-corrected chi connectivity index (χ1v) is 7.25. The SMILES string of the molecule is Cc1ccc(Br)cc1C1(C(=O)NN)CCN(C)CC1. The summed E-state index contributed by atoms with van der Waals surface area (Å²) in [7, 11) is 2.08. The number of piperidine rings is 1. The first kappa shape index (κ1) is 14.5. The van der Waals surface area contributed by atoms with Gasteiger partial charge in [0, 0.05) is 4.47 Å². The van der Waals surface area contributed by atoms with Crippen molar-refractivity contribution in [2.45, 2.75) is 25.2 Å². The van der Waals surface area contributed by atoms with Crippen LogP contribution < -0.4 is 11.3 Å². The number of nitrogens with one attached hydrogen (secondary N) is 1. The van der Waals surface area contributed by atoms with Crippen LogP contribution >= 0.6 is 15.9 Å². The van der Waals surface area contributed by atoms with Crippen molar-refractivity contribution in [2.24, 2.45) is 5.84 Å². The Morgan fingerprint density at radius 1 is 1.42 bits per heavy atom. The molecule has 4 nitrogen and oxygen atoms in total. The molecule has 1 amide bonds. The zero-order valence-electron chi connectivity index (χ0n) is 11.4. The third-order valence-corrected chi connectivity index (χ3v) is 4.61. The molecule has 5 heteroatoms. The normalized spacial score (nSPS) is 19.2. The second-order valence-corrected chi connectivity index (χ2v) is 6.23. The van der Waals surface area contributed by atoms with Crippen molar-refractivity contribution >= 4 is 21.8 Å². The second-order valence-electron chi connectivity index (χ2n) is 5.32. The average molecular weight is 326 g/mol. The maximum Gasteiger partial charge on any atom is 0.244 e. The minimum atomic E-state index is -0.505. The molecule has 0 saturated carbocycles. The van der Waals surface area contributed by atoms with Crippen LogP contribution in [0, 0.1) is 6.92 Å². The van der Waals surface area contributed by atoms with E-state index >= 15 is 0 Å². The topological polar surface area (TPSA) is 58.4 Å². The van der Waals surface area contributed by atoms with E-state index in [1.54, 1.807) is 0 Å². The molecular formula is C14H20BrN3O. The fourth-order valence-electron chi connectivity index (χ4n) is 2.87. The van der Waals surface area contributed by atoms with Gasteiger partial charge in [-0.1, -0.05) is 22.0 Å². The molecule has 1 fully saturated rings. The van der Waals surface area contributed by atoms with Crippen LogP contribution in [0.2, 0.25) is 0 Å². The van der Waals surface area contributed by atoms with Gasteiger partial charge in [0.25, 0.3) is 0 Å². The zero-order valence-corrected chi connectivity index (χ0v) is 13.0. The van der Waals surface area contributed by atoms with Crippen LogP contribution in [0.1, 0.15) is 24.0 Å². The van der Waals surface area contributed by atoms with E-state index in [1.165, 1.54) is 0 Å². The van der Waals surface area contributed by atoms with Crippen molar-refractivity contribution < 1.29 is 4.79 Å². The highest BCUT2D eigenvalue weighted by Crippen LogP contribution is 2.38. The molecule has 3 N–H and O–H groups in total. The maximum atomic E-state index is 12.4. The number of aryl methyl sites for hydroxylation is 1. The molecule has 1 aliphatic rings.